The van der Waals surface area contributed by atoms with Crippen LogP contribution in [0.1, 0.15) is 18.9 Å². The van der Waals surface area contributed by atoms with Crippen molar-refractivity contribution in [1.82, 2.24) is 0 Å². The van der Waals surface area contributed by atoms with Gasteiger partial charge in [0.05, 0.1) is 5.41 Å². The number of hydrogen-bond acceptors (Lipinski definition) is 6. The predicted molar refractivity (Wildman–Crippen MR) is 87.1 cm³/mol. The van der Waals surface area contributed by atoms with Crippen LogP contribution >= 0.6 is 0 Å². The maximum absolute atomic E-state index is 11.8. The van der Waals surface area contributed by atoms with Crippen LogP contribution in [0.2, 0.25) is 0 Å². The third kappa shape index (κ3) is 7.87. The summed E-state index contributed by atoms with van der Waals surface area (Å²) in [6.07, 6.45) is 0.0546. The third-order valence-corrected chi connectivity index (χ3v) is 3.49. The number of hydrogen-bond donors (Lipinski definition) is 2. The van der Waals surface area contributed by atoms with Crippen LogP contribution in [-0.2, 0) is 19.0 Å². The average Bonchev–Trinajstić information content (AvgIpc) is 2.60. The molecule has 0 heterocycles. The molecular weight excluding hydrogens is 332 g/mol. The Morgan fingerprint density at radius 2 is 1.48 bits per heavy atom. The molecule has 0 aliphatic rings. The van der Waals surface area contributed by atoms with E-state index in [0.717, 1.165) is 5.56 Å². The quantitative estimate of drug-likeness (QED) is 0.395. The zero-order valence-corrected chi connectivity index (χ0v) is 13.7. The molecule has 0 bridgehead atoms. The van der Waals surface area contributed by atoms with Gasteiger partial charge in [0.15, 0.2) is 0 Å². The number of carbonyl (C=O) groups is 3. The molecule has 2 N–H and O–H groups in total. The number of ether oxygens (including phenoxy) is 3. The van der Waals surface area contributed by atoms with Crippen molar-refractivity contribution in [2.24, 2.45) is 5.41 Å². The molecule has 25 heavy (non-hydrogen) atoms. The van der Waals surface area contributed by atoms with Crippen molar-refractivity contribution >= 4 is 24.4 Å². The fourth-order valence-electron chi connectivity index (χ4n) is 1.86. The van der Waals surface area contributed by atoms with Crippen LogP contribution < -0.4 is 0 Å². The Balaban J connectivity index is 2.68. The molecule has 0 radical (unpaired) electrons. The first kappa shape index (κ1) is 20.0. The van der Waals surface area contributed by atoms with E-state index in [4.69, 9.17) is 14.9 Å². The van der Waals surface area contributed by atoms with Gasteiger partial charge in [-0.3, -0.25) is 0 Å². The minimum absolute atomic E-state index is 0.248. The van der Waals surface area contributed by atoms with Crippen molar-refractivity contribution in [3.8, 4) is 0 Å². The van der Waals surface area contributed by atoms with Gasteiger partial charge in [0, 0.05) is 6.08 Å². The van der Waals surface area contributed by atoms with Crippen molar-refractivity contribution in [3.05, 3.63) is 42.0 Å². The summed E-state index contributed by atoms with van der Waals surface area (Å²) in [5.41, 5.74) is -0.280. The second-order valence-electron chi connectivity index (χ2n) is 5.31. The normalized spacial score (nSPS) is 11.1. The SMILES string of the molecule is CCC(COC(=O)O)(COC(=O)O)COC(=O)/C=C/c1ccccc1. The maximum atomic E-state index is 11.8. The Bertz CT molecular complexity index is 590. The summed E-state index contributed by atoms with van der Waals surface area (Å²) in [5, 5.41) is 17.3. The lowest BCUT2D eigenvalue weighted by Crippen LogP contribution is -2.38. The largest absolute Gasteiger partial charge is 0.505 e. The molecule has 0 atom stereocenters. The molecular formula is C17H20O8. The van der Waals surface area contributed by atoms with E-state index in [9.17, 15) is 14.4 Å². The summed E-state index contributed by atoms with van der Waals surface area (Å²) in [7, 11) is 0. The van der Waals surface area contributed by atoms with Crippen molar-refractivity contribution < 1.29 is 38.8 Å². The molecule has 0 amide bonds. The number of carboxylic acid groups (broad SMARTS) is 2. The zero-order valence-electron chi connectivity index (χ0n) is 13.7. The zero-order chi connectivity index (χ0) is 18.7. The van der Waals surface area contributed by atoms with Crippen molar-refractivity contribution in [2.45, 2.75) is 13.3 Å². The number of benzene rings is 1. The Hall–Kier alpha value is -3.03. The summed E-state index contributed by atoms with van der Waals surface area (Å²) in [6, 6.07) is 9.10. The lowest BCUT2D eigenvalue weighted by Gasteiger charge is -2.29. The number of carbonyl (C=O) groups excluding carboxylic acids is 1. The summed E-state index contributed by atoms with van der Waals surface area (Å²) in [4.78, 5) is 33.0. The Kier molecular flexibility index (Phi) is 7.98. The van der Waals surface area contributed by atoms with Gasteiger partial charge in [0.1, 0.15) is 19.8 Å². The molecule has 0 fully saturated rings. The molecule has 0 spiro atoms. The second-order valence-corrected chi connectivity index (χ2v) is 5.31. The monoisotopic (exact) mass is 352 g/mol. The maximum Gasteiger partial charge on any atom is 0.505 e. The van der Waals surface area contributed by atoms with E-state index in [-0.39, 0.29) is 26.2 Å². The molecule has 1 aromatic carbocycles. The first-order chi connectivity index (χ1) is 11.9. The lowest BCUT2D eigenvalue weighted by atomic mass is 9.88. The minimum atomic E-state index is -1.51. The molecule has 0 aliphatic carbocycles. The van der Waals surface area contributed by atoms with Crippen LogP contribution in [0.4, 0.5) is 9.59 Å². The topological polar surface area (TPSA) is 119 Å². The van der Waals surface area contributed by atoms with E-state index in [2.05, 4.69) is 9.47 Å². The van der Waals surface area contributed by atoms with Crippen LogP contribution in [0.5, 0.6) is 0 Å². The summed E-state index contributed by atoms with van der Waals surface area (Å²) >= 11 is 0. The van der Waals surface area contributed by atoms with Gasteiger partial charge >= 0.3 is 18.3 Å². The highest BCUT2D eigenvalue weighted by molar-refractivity contribution is 5.87. The van der Waals surface area contributed by atoms with Crippen LogP contribution in [-0.4, -0.2) is 48.3 Å². The molecule has 8 nitrogen and oxygen atoms in total. The van der Waals surface area contributed by atoms with Crippen LogP contribution in [0.15, 0.2) is 36.4 Å². The number of rotatable bonds is 9. The van der Waals surface area contributed by atoms with Crippen molar-refractivity contribution in [2.75, 3.05) is 19.8 Å². The third-order valence-electron chi connectivity index (χ3n) is 3.49. The first-order valence-corrected chi connectivity index (χ1v) is 7.48. The second kappa shape index (κ2) is 9.96. The van der Waals surface area contributed by atoms with Gasteiger partial charge < -0.3 is 24.4 Å². The standard InChI is InChI=1S/C17H20O8/c1-2-17(11-24-15(19)20,12-25-16(21)22)10-23-14(18)9-8-13-6-4-3-5-7-13/h3-9H,2,10-12H2,1H3,(H,19,20)(H,21,22)/b9-8+. The van der Waals surface area contributed by atoms with Crippen LogP contribution in [0.25, 0.3) is 6.08 Å². The lowest BCUT2D eigenvalue weighted by molar-refractivity contribution is -0.144. The molecule has 0 aliphatic heterocycles. The fourth-order valence-corrected chi connectivity index (χ4v) is 1.86. The van der Waals surface area contributed by atoms with Gasteiger partial charge in [-0.05, 0) is 18.1 Å². The molecule has 1 rings (SSSR count). The Labute approximate surface area is 144 Å². The van der Waals surface area contributed by atoms with Crippen LogP contribution in [0.3, 0.4) is 0 Å². The van der Waals surface area contributed by atoms with E-state index < -0.39 is 23.7 Å². The van der Waals surface area contributed by atoms with E-state index in [1.807, 2.05) is 30.3 Å². The van der Waals surface area contributed by atoms with E-state index in [1.54, 1.807) is 13.0 Å². The Morgan fingerprint density at radius 3 is 1.96 bits per heavy atom. The molecule has 0 unspecified atom stereocenters. The minimum Gasteiger partial charge on any atom is -0.462 e. The molecule has 0 saturated carbocycles. The van der Waals surface area contributed by atoms with Crippen LogP contribution in [0, 0.1) is 5.41 Å². The number of esters is 1. The molecule has 0 aromatic heterocycles. The van der Waals surface area contributed by atoms with Gasteiger partial charge in [0.25, 0.3) is 0 Å². The first-order valence-electron chi connectivity index (χ1n) is 7.48. The summed E-state index contributed by atoms with van der Waals surface area (Å²) < 4.78 is 14.2. The van der Waals surface area contributed by atoms with E-state index >= 15 is 0 Å². The highest BCUT2D eigenvalue weighted by atomic mass is 16.7. The molecule has 8 heteroatoms. The van der Waals surface area contributed by atoms with Crippen molar-refractivity contribution in [1.29, 1.82) is 0 Å². The van der Waals surface area contributed by atoms with Gasteiger partial charge in [-0.25, -0.2) is 14.4 Å². The molecule has 1 aromatic rings. The van der Waals surface area contributed by atoms with Gasteiger partial charge in [-0.2, -0.15) is 0 Å². The van der Waals surface area contributed by atoms with Gasteiger partial charge in [-0.15, -0.1) is 0 Å². The van der Waals surface area contributed by atoms with E-state index in [1.165, 1.54) is 6.08 Å². The summed E-state index contributed by atoms with van der Waals surface area (Å²) in [6.45, 7) is 0.718. The highest BCUT2D eigenvalue weighted by Crippen LogP contribution is 2.24. The summed E-state index contributed by atoms with van der Waals surface area (Å²) in [5.74, 6) is -0.646. The highest BCUT2D eigenvalue weighted by Gasteiger charge is 2.34. The molecule has 136 valence electrons. The smallest absolute Gasteiger partial charge is 0.462 e. The fraction of sp³-hybridized carbons (Fsp3) is 0.353. The molecule has 0 saturated heterocycles. The Morgan fingerprint density at radius 1 is 0.960 bits per heavy atom. The van der Waals surface area contributed by atoms with Crippen molar-refractivity contribution in [3.63, 3.8) is 0 Å². The van der Waals surface area contributed by atoms with Gasteiger partial charge in [-0.1, -0.05) is 37.3 Å². The van der Waals surface area contributed by atoms with Gasteiger partial charge in [0.2, 0.25) is 0 Å². The predicted octanol–water partition coefficient (Wildman–Crippen LogP) is 3.03. The average molecular weight is 352 g/mol. The van der Waals surface area contributed by atoms with E-state index in [0.29, 0.717) is 0 Å².